The molecular formula is C28H27F3N4O4. The Labute approximate surface area is 223 Å². The Kier molecular flexibility index (Phi) is 10.0. The number of piperazine rings is 1. The minimum atomic E-state index is -5.08. The number of carboxylic acids is 1. The zero-order valence-corrected chi connectivity index (χ0v) is 21.1. The smallest absolute Gasteiger partial charge is 0.490 e. The summed E-state index contributed by atoms with van der Waals surface area (Å²) >= 11 is 0. The van der Waals surface area contributed by atoms with Crippen LogP contribution in [-0.4, -0.2) is 61.3 Å². The molecule has 4 rings (SSSR count). The van der Waals surface area contributed by atoms with Gasteiger partial charge >= 0.3 is 12.1 Å². The number of nitrogens with zero attached hydrogens (tertiary/aromatic N) is 2. The van der Waals surface area contributed by atoms with Crippen molar-refractivity contribution in [2.75, 3.05) is 38.6 Å². The number of aliphatic carboxylic acids is 1. The lowest BCUT2D eigenvalue weighted by molar-refractivity contribution is -0.192. The highest BCUT2D eigenvalue weighted by Gasteiger charge is 2.38. The fourth-order valence-corrected chi connectivity index (χ4v) is 3.84. The molecule has 0 spiro atoms. The van der Waals surface area contributed by atoms with Crippen LogP contribution < -0.4 is 15.4 Å². The molecule has 0 saturated carbocycles. The van der Waals surface area contributed by atoms with Crippen LogP contribution in [0.2, 0.25) is 0 Å². The maximum absolute atomic E-state index is 12.5. The van der Waals surface area contributed by atoms with Gasteiger partial charge in [0, 0.05) is 49.5 Å². The molecule has 1 fully saturated rings. The SMILES string of the molecule is COc1ccc(-c2ccc(NC(=O)c3ccc(C#N)cc3)cc2)cc1CN1CCNCC1.O=C(O)C(F)(F)F. The van der Waals surface area contributed by atoms with E-state index in [4.69, 9.17) is 19.9 Å². The van der Waals surface area contributed by atoms with Gasteiger partial charge < -0.3 is 20.5 Å². The van der Waals surface area contributed by atoms with E-state index in [1.807, 2.05) is 30.3 Å². The number of ether oxygens (including phenoxy) is 1. The van der Waals surface area contributed by atoms with Crippen LogP contribution in [0.25, 0.3) is 11.1 Å². The molecule has 1 aliphatic rings. The van der Waals surface area contributed by atoms with Gasteiger partial charge in [0.25, 0.3) is 5.91 Å². The number of anilines is 1. The lowest BCUT2D eigenvalue weighted by atomic mass is 10.0. The summed E-state index contributed by atoms with van der Waals surface area (Å²) in [7, 11) is 1.71. The largest absolute Gasteiger partial charge is 0.496 e. The molecule has 0 aliphatic carbocycles. The molecule has 1 amide bonds. The third-order valence-corrected chi connectivity index (χ3v) is 5.88. The summed E-state index contributed by atoms with van der Waals surface area (Å²) in [4.78, 5) is 23.8. The number of halogens is 3. The predicted molar refractivity (Wildman–Crippen MR) is 139 cm³/mol. The van der Waals surface area contributed by atoms with Crippen molar-refractivity contribution < 1.29 is 32.6 Å². The molecule has 39 heavy (non-hydrogen) atoms. The summed E-state index contributed by atoms with van der Waals surface area (Å²) in [5.74, 6) is -2.06. The van der Waals surface area contributed by atoms with Gasteiger partial charge in [0.05, 0.1) is 18.7 Å². The van der Waals surface area contributed by atoms with Gasteiger partial charge in [0.2, 0.25) is 0 Å². The van der Waals surface area contributed by atoms with E-state index in [1.165, 1.54) is 5.56 Å². The maximum atomic E-state index is 12.5. The first-order valence-electron chi connectivity index (χ1n) is 11.9. The van der Waals surface area contributed by atoms with Gasteiger partial charge in [-0.25, -0.2) is 4.79 Å². The van der Waals surface area contributed by atoms with Crippen molar-refractivity contribution >= 4 is 17.6 Å². The van der Waals surface area contributed by atoms with E-state index >= 15 is 0 Å². The zero-order chi connectivity index (χ0) is 28.4. The molecule has 0 atom stereocenters. The van der Waals surface area contributed by atoms with Crippen LogP contribution in [0.5, 0.6) is 5.75 Å². The second-order valence-electron chi connectivity index (χ2n) is 8.58. The van der Waals surface area contributed by atoms with Crippen LogP contribution in [0.4, 0.5) is 18.9 Å². The van der Waals surface area contributed by atoms with Crippen LogP contribution in [0.3, 0.4) is 0 Å². The predicted octanol–water partition coefficient (Wildman–Crippen LogP) is 4.52. The van der Waals surface area contributed by atoms with Crippen molar-refractivity contribution in [2.24, 2.45) is 0 Å². The number of carbonyl (C=O) groups is 2. The number of hydrogen-bond acceptors (Lipinski definition) is 6. The van der Waals surface area contributed by atoms with Crippen molar-refractivity contribution in [1.82, 2.24) is 10.2 Å². The van der Waals surface area contributed by atoms with E-state index in [9.17, 15) is 18.0 Å². The quantitative estimate of drug-likeness (QED) is 0.421. The minimum absolute atomic E-state index is 0.204. The number of alkyl halides is 3. The first-order chi connectivity index (χ1) is 18.6. The number of methoxy groups -OCH3 is 1. The van der Waals surface area contributed by atoms with Crippen LogP contribution in [0.1, 0.15) is 21.5 Å². The molecule has 1 heterocycles. The van der Waals surface area contributed by atoms with Crippen molar-refractivity contribution in [3.8, 4) is 22.9 Å². The average Bonchev–Trinajstić information content (AvgIpc) is 2.94. The number of nitrogens with one attached hydrogen (secondary N) is 2. The highest BCUT2D eigenvalue weighted by Crippen LogP contribution is 2.29. The first-order valence-corrected chi connectivity index (χ1v) is 11.9. The van der Waals surface area contributed by atoms with Crippen molar-refractivity contribution in [1.29, 1.82) is 5.26 Å². The minimum Gasteiger partial charge on any atom is -0.496 e. The fourth-order valence-electron chi connectivity index (χ4n) is 3.84. The molecule has 3 aromatic carbocycles. The molecule has 8 nitrogen and oxygen atoms in total. The van der Waals surface area contributed by atoms with E-state index < -0.39 is 12.1 Å². The maximum Gasteiger partial charge on any atom is 0.490 e. The van der Waals surface area contributed by atoms with Crippen LogP contribution in [-0.2, 0) is 11.3 Å². The van der Waals surface area contributed by atoms with Crippen molar-refractivity contribution in [3.63, 3.8) is 0 Å². The highest BCUT2D eigenvalue weighted by molar-refractivity contribution is 6.04. The summed E-state index contributed by atoms with van der Waals surface area (Å²) in [6, 6.07) is 22.7. The Morgan fingerprint density at radius 1 is 1.03 bits per heavy atom. The molecule has 3 aromatic rings. The van der Waals surface area contributed by atoms with E-state index in [0.717, 1.165) is 55.3 Å². The van der Waals surface area contributed by atoms with Crippen LogP contribution in [0, 0.1) is 11.3 Å². The number of benzene rings is 3. The fraction of sp³-hybridized carbons (Fsp3) is 0.250. The molecule has 11 heteroatoms. The first kappa shape index (κ1) is 29.2. The third kappa shape index (κ3) is 8.56. The Hall–Kier alpha value is -4.40. The second-order valence-corrected chi connectivity index (χ2v) is 8.58. The van der Waals surface area contributed by atoms with E-state index in [1.54, 1.807) is 31.4 Å². The van der Waals surface area contributed by atoms with Crippen molar-refractivity contribution in [3.05, 3.63) is 83.4 Å². The zero-order valence-electron chi connectivity index (χ0n) is 21.1. The lowest BCUT2D eigenvalue weighted by Gasteiger charge is -2.28. The van der Waals surface area contributed by atoms with Gasteiger partial charge in [-0.2, -0.15) is 18.4 Å². The number of carboxylic acid groups (broad SMARTS) is 1. The van der Waals surface area contributed by atoms with Gasteiger partial charge in [0.15, 0.2) is 0 Å². The highest BCUT2D eigenvalue weighted by atomic mass is 19.4. The molecular weight excluding hydrogens is 513 g/mol. The molecule has 0 unspecified atom stereocenters. The number of carbonyl (C=O) groups excluding carboxylic acids is 1. The summed E-state index contributed by atoms with van der Waals surface area (Å²) in [5, 5.41) is 22.3. The topological polar surface area (TPSA) is 115 Å². The van der Waals surface area contributed by atoms with E-state index in [2.05, 4.69) is 33.7 Å². The second kappa shape index (κ2) is 13.4. The Bertz CT molecular complexity index is 1310. The average molecular weight is 541 g/mol. The van der Waals surface area contributed by atoms with Gasteiger partial charge in [-0.3, -0.25) is 9.69 Å². The normalized spacial score (nSPS) is 13.4. The number of hydrogen-bond donors (Lipinski definition) is 3. The monoisotopic (exact) mass is 540 g/mol. The van der Waals surface area contributed by atoms with E-state index in [0.29, 0.717) is 11.1 Å². The molecule has 204 valence electrons. The van der Waals surface area contributed by atoms with Gasteiger partial charge in [-0.05, 0) is 59.7 Å². The summed E-state index contributed by atoms with van der Waals surface area (Å²) in [6.07, 6.45) is -5.08. The number of rotatable bonds is 6. The Morgan fingerprint density at radius 3 is 2.15 bits per heavy atom. The Balaban J connectivity index is 0.000000532. The third-order valence-electron chi connectivity index (χ3n) is 5.88. The lowest BCUT2D eigenvalue weighted by Crippen LogP contribution is -2.42. The summed E-state index contributed by atoms with van der Waals surface area (Å²) in [5.41, 5.74) is 5.12. The molecule has 0 bridgehead atoms. The van der Waals surface area contributed by atoms with Gasteiger partial charge in [-0.15, -0.1) is 0 Å². The number of amides is 1. The number of nitriles is 1. The van der Waals surface area contributed by atoms with Crippen molar-refractivity contribution in [2.45, 2.75) is 12.7 Å². The molecule has 3 N–H and O–H groups in total. The van der Waals surface area contributed by atoms with Crippen LogP contribution in [0.15, 0.2) is 66.7 Å². The Morgan fingerprint density at radius 2 is 1.62 bits per heavy atom. The molecule has 1 aliphatic heterocycles. The summed E-state index contributed by atoms with van der Waals surface area (Å²) < 4.78 is 37.3. The molecule has 0 radical (unpaired) electrons. The van der Waals surface area contributed by atoms with Gasteiger partial charge in [0.1, 0.15) is 5.75 Å². The van der Waals surface area contributed by atoms with E-state index in [-0.39, 0.29) is 5.91 Å². The molecule has 1 saturated heterocycles. The summed E-state index contributed by atoms with van der Waals surface area (Å²) in [6.45, 7) is 4.94. The molecule has 0 aromatic heterocycles. The standard InChI is InChI=1S/C26H26N4O2.C2HF3O2/c1-32-25-11-8-22(16-23(25)18-30-14-12-28-13-15-30)20-6-9-24(10-7-20)29-26(31)21-4-2-19(17-27)3-5-21;3-2(4,5)1(6)7/h2-11,16,28H,12-15,18H2,1H3,(H,29,31);(H,6,7). The van der Waals surface area contributed by atoms with Crippen LogP contribution >= 0.6 is 0 Å². The van der Waals surface area contributed by atoms with Gasteiger partial charge in [-0.1, -0.05) is 18.2 Å².